The number of nitrogens with zero attached hydrogens (tertiary/aromatic N) is 2. The SMILES string of the molecule is O=C(CN1CCO[C@@H](c2ccc(F)cc2)C1)N1CCC[C@H](C(F)(F)F)C1. The zero-order chi connectivity index (χ0) is 18.7. The van der Waals surface area contributed by atoms with E-state index in [9.17, 15) is 22.4 Å². The minimum Gasteiger partial charge on any atom is -0.371 e. The van der Waals surface area contributed by atoms with Crippen molar-refractivity contribution in [3.05, 3.63) is 35.6 Å². The highest BCUT2D eigenvalue weighted by Gasteiger charge is 2.42. The molecule has 0 radical (unpaired) electrons. The maximum absolute atomic E-state index is 13.0. The van der Waals surface area contributed by atoms with Gasteiger partial charge in [0.15, 0.2) is 0 Å². The number of halogens is 4. The molecule has 2 aliphatic rings. The number of rotatable bonds is 3. The summed E-state index contributed by atoms with van der Waals surface area (Å²) >= 11 is 0. The fourth-order valence-electron chi connectivity index (χ4n) is 3.49. The zero-order valence-electron chi connectivity index (χ0n) is 14.3. The van der Waals surface area contributed by atoms with E-state index >= 15 is 0 Å². The maximum atomic E-state index is 13.0. The number of carbonyl (C=O) groups is 1. The molecule has 2 aliphatic heterocycles. The summed E-state index contributed by atoms with van der Waals surface area (Å²) < 4.78 is 57.5. The summed E-state index contributed by atoms with van der Waals surface area (Å²) in [5, 5.41) is 0. The second-order valence-electron chi connectivity index (χ2n) is 6.87. The number of ether oxygens (including phenoxy) is 1. The summed E-state index contributed by atoms with van der Waals surface area (Å²) in [6, 6.07) is 6.00. The standard InChI is InChI=1S/C18H22F4N2O2/c19-15-5-3-13(4-6-15)16-11-23(8-9-26-16)12-17(25)24-7-1-2-14(10-24)18(20,21)22/h3-6,14,16H,1-2,7-12H2/t14-,16+/m0/s1. The monoisotopic (exact) mass is 374 g/mol. The van der Waals surface area contributed by atoms with Crippen molar-refractivity contribution in [2.45, 2.75) is 25.1 Å². The van der Waals surface area contributed by atoms with Gasteiger partial charge in [0.1, 0.15) is 5.82 Å². The molecule has 1 aromatic carbocycles. The number of likely N-dealkylation sites (tertiary alicyclic amines) is 1. The van der Waals surface area contributed by atoms with Crippen LogP contribution >= 0.6 is 0 Å². The quantitative estimate of drug-likeness (QED) is 0.763. The third-order valence-corrected chi connectivity index (χ3v) is 4.99. The number of piperidine rings is 1. The van der Waals surface area contributed by atoms with Crippen LogP contribution in [0.1, 0.15) is 24.5 Å². The van der Waals surface area contributed by atoms with E-state index in [1.807, 2.05) is 4.90 Å². The first-order valence-electron chi connectivity index (χ1n) is 8.77. The Kier molecular flexibility index (Phi) is 5.82. The predicted molar refractivity (Wildman–Crippen MR) is 86.9 cm³/mol. The van der Waals surface area contributed by atoms with Crippen molar-refractivity contribution in [2.24, 2.45) is 5.92 Å². The third-order valence-electron chi connectivity index (χ3n) is 4.99. The Morgan fingerprint density at radius 1 is 1.15 bits per heavy atom. The van der Waals surface area contributed by atoms with Crippen LogP contribution in [0.5, 0.6) is 0 Å². The Labute approximate surface area is 149 Å². The van der Waals surface area contributed by atoms with Crippen molar-refractivity contribution in [1.82, 2.24) is 9.80 Å². The lowest BCUT2D eigenvalue weighted by Gasteiger charge is -2.37. The first-order chi connectivity index (χ1) is 12.3. The Morgan fingerprint density at radius 3 is 2.58 bits per heavy atom. The van der Waals surface area contributed by atoms with Gasteiger partial charge < -0.3 is 9.64 Å². The number of morpholine rings is 1. The molecular weight excluding hydrogens is 352 g/mol. The molecule has 0 spiro atoms. The number of hydrogen-bond acceptors (Lipinski definition) is 3. The van der Waals surface area contributed by atoms with Gasteiger partial charge in [-0.1, -0.05) is 12.1 Å². The first kappa shape index (κ1) is 19.1. The Balaban J connectivity index is 1.56. The second kappa shape index (κ2) is 7.92. The molecule has 1 amide bonds. The predicted octanol–water partition coefficient (Wildman–Crippen LogP) is 3.00. The van der Waals surface area contributed by atoms with E-state index in [4.69, 9.17) is 4.74 Å². The molecule has 144 valence electrons. The molecule has 0 unspecified atom stereocenters. The minimum absolute atomic E-state index is 0.0750. The van der Waals surface area contributed by atoms with Gasteiger partial charge >= 0.3 is 6.18 Å². The molecule has 4 nitrogen and oxygen atoms in total. The van der Waals surface area contributed by atoms with E-state index in [1.54, 1.807) is 12.1 Å². The number of carbonyl (C=O) groups excluding carboxylic acids is 1. The van der Waals surface area contributed by atoms with Crippen LogP contribution in [0.25, 0.3) is 0 Å². The normalized spacial score (nSPS) is 25.3. The molecule has 2 heterocycles. The highest BCUT2D eigenvalue weighted by Crippen LogP contribution is 2.33. The molecule has 2 fully saturated rings. The molecule has 0 N–H and O–H groups in total. The molecule has 0 saturated carbocycles. The van der Waals surface area contributed by atoms with Crippen molar-refractivity contribution in [3.8, 4) is 0 Å². The topological polar surface area (TPSA) is 32.8 Å². The van der Waals surface area contributed by atoms with Gasteiger partial charge in [-0.2, -0.15) is 13.2 Å². The van der Waals surface area contributed by atoms with E-state index < -0.39 is 12.1 Å². The Morgan fingerprint density at radius 2 is 1.88 bits per heavy atom. The molecule has 2 saturated heterocycles. The van der Waals surface area contributed by atoms with Gasteiger partial charge in [0.25, 0.3) is 0 Å². The fourth-order valence-corrected chi connectivity index (χ4v) is 3.49. The zero-order valence-corrected chi connectivity index (χ0v) is 14.3. The number of alkyl halides is 3. The van der Waals surface area contributed by atoms with Gasteiger partial charge in [0.05, 0.1) is 25.2 Å². The lowest BCUT2D eigenvalue weighted by Crippen LogP contribution is -2.50. The molecule has 26 heavy (non-hydrogen) atoms. The minimum atomic E-state index is -4.26. The molecule has 0 aromatic heterocycles. The van der Waals surface area contributed by atoms with Gasteiger partial charge in [-0.05, 0) is 30.5 Å². The molecule has 0 aliphatic carbocycles. The molecule has 0 bridgehead atoms. The molecule has 8 heteroatoms. The van der Waals surface area contributed by atoms with E-state index in [0.717, 1.165) is 5.56 Å². The maximum Gasteiger partial charge on any atom is 0.393 e. The van der Waals surface area contributed by atoms with E-state index in [0.29, 0.717) is 32.7 Å². The van der Waals surface area contributed by atoms with Crippen LogP contribution in [0, 0.1) is 11.7 Å². The van der Waals surface area contributed by atoms with Crippen molar-refractivity contribution in [2.75, 3.05) is 39.3 Å². The average Bonchev–Trinajstić information content (AvgIpc) is 2.62. The lowest BCUT2D eigenvalue weighted by molar-refractivity contribution is -0.188. The summed E-state index contributed by atoms with van der Waals surface area (Å²) in [6.45, 7) is 1.60. The van der Waals surface area contributed by atoms with Gasteiger partial charge in [-0.15, -0.1) is 0 Å². The smallest absolute Gasteiger partial charge is 0.371 e. The van der Waals surface area contributed by atoms with Crippen LogP contribution < -0.4 is 0 Å². The summed E-state index contributed by atoms with van der Waals surface area (Å²) in [4.78, 5) is 15.7. The van der Waals surface area contributed by atoms with Gasteiger partial charge in [-0.3, -0.25) is 9.69 Å². The van der Waals surface area contributed by atoms with Crippen LogP contribution in [-0.2, 0) is 9.53 Å². The second-order valence-corrected chi connectivity index (χ2v) is 6.87. The molecule has 3 rings (SSSR count). The highest BCUT2D eigenvalue weighted by atomic mass is 19.4. The van der Waals surface area contributed by atoms with Crippen molar-refractivity contribution >= 4 is 5.91 Å². The Hall–Kier alpha value is -1.67. The highest BCUT2D eigenvalue weighted by molar-refractivity contribution is 5.78. The lowest BCUT2D eigenvalue weighted by atomic mass is 9.97. The summed E-state index contributed by atoms with van der Waals surface area (Å²) in [7, 11) is 0. The largest absolute Gasteiger partial charge is 0.393 e. The molecule has 2 atom stereocenters. The van der Waals surface area contributed by atoms with Crippen LogP contribution in [0.2, 0.25) is 0 Å². The van der Waals surface area contributed by atoms with Crippen molar-refractivity contribution < 1.29 is 27.1 Å². The van der Waals surface area contributed by atoms with E-state index in [1.165, 1.54) is 17.0 Å². The van der Waals surface area contributed by atoms with Crippen LogP contribution in [0.3, 0.4) is 0 Å². The van der Waals surface area contributed by atoms with E-state index in [-0.39, 0.29) is 37.3 Å². The first-order valence-corrected chi connectivity index (χ1v) is 8.77. The molecular formula is C18H22F4N2O2. The summed E-state index contributed by atoms with van der Waals surface area (Å²) in [5.74, 6) is -2.04. The van der Waals surface area contributed by atoms with Crippen LogP contribution in [0.15, 0.2) is 24.3 Å². The van der Waals surface area contributed by atoms with Crippen molar-refractivity contribution in [3.63, 3.8) is 0 Å². The van der Waals surface area contributed by atoms with Crippen LogP contribution in [0.4, 0.5) is 17.6 Å². The number of benzene rings is 1. The van der Waals surface area contributed by atoms with Crippen molar-refractivity contribution in [1.29, 1.82) is 0 Å². The summed E-state index contributed by atoms with van der Waals surface area (Å²) in [6.07, 6.45) is -4.08. The van der Waals surface area contributed by atoms with Crippen LogP contribution in [-0.4, -0.2) is 61.2 Å². The van der Waals surface area contributed by atoms with Gasteiger partial charge in [0.2, 0.25) is 5.91 Å². The Bertz CT molecular complexity index is 621. The number of amides is 1. The molecule has 1 aromatic rings. The van der Waals surface area contributed by atoms with Gasteiger partial charge in [-0.25, -0.2) is 4.39 Å². The third kappa shape index (κ3) is 4.73. The fraction of sp³-hybridized carbons (Fsp3) is 0.611. The summed E-state index contributed by atoms with van der Waals surface area (Å²) in [5.41, 5.74) is 0.818. The van der Waals surface area contributed by atoms with Gasteiger partial charge in [0, 0.05) is 26.2 Å². The number of hydrogen-bond donors (Lipinski definition) is 0. The average molecular weight is 374 g/mol. The van der Waals surface area contributed by atoms with E-state index in [2.05, 4.69) is 0 Å².